The van der Waals surface area contributed by atoms with E-state index in [2.05, 4.69) is 22.7 Å². The van der Waals surface area contributed by atoms with Crippen LogP contribution in [0.2, 0.25) is 0 Å². The molecule has 0 spiro atoms. The molecule has 0 aromatic carbocycles. The van der Waals surface area contributed by atoms with Gasteiger partial charge in [0.25, 0.3) is 0 Å². The number of thiol groups is 1. The van der Waals surface area contributed by atoms with Crippen molar-refractivity contribution in [3.63, 3.8) is 0 Å². The highest BCUT2D eigenvalue weighted by molar-refractivity contribution is 7.81. The van der Waals surface area contributed by atoms with Crippen LogP contribution in [0.25, 0.3) is 0 Å². The number of amides is 1. The number of ether oxygens (including phenoxy) is 2. The Morgan fingerprint density at radius 2 is 2.04 bits per heavy atom. The Morgan fingerprint density at radius 3 is 2.50 bits per heavy atom. The molecule has 1 rings (SSSR count). The Morgan fingerprint density at radius 1 is 1.46 bits per heavy atom. The molecule has 1 aliphatic rings. The monoisotopic (exact) mass is 373 g/mol. The van der Waals surface area contributed by atoms with E-state index in [0.29, 0.717) is 0 Å². The lowest BCUT2D eigenvalue weighted by Gasteiger charge is -2.46. The normalized spacial score (nSPS) is 35.8. The lowest BCUT2D eigenvalue weighted by atomic mass is 9.87. The molecule has 0 saturated carbocycles. The van der Waals surface area contributed by atoms with Crippen molar-refractivity contribution in [3.05, 3.63) is 0 Å². The first-order chi connectivity index (χ1) is 11.1. The third kappa shape index (κ3) is 3.96. The molecule has 1 heterocycles. The van der Waals surface area contributed by atoms with E-state index in [9.17, 15) is 34.4 Å². The van der Waals surface area contributed by atoms with Crippen LogP contribution in [0.4, 0.5) is 4.39 Å². The molecule has 1 saturated heterocycles. The van der Waals surface area contributed by atoms with Gasteiger partial charge in [-0.1, -0.05) is 0 Å². The minimum Gasteiger partial charge on any atom is -0.465 e. The predicted octanol–water partition coefficient (Wildman–Crippen LogP) is -3.93. The zero-order valence-electron chi connectivity index (χ0n) is 12.6. The number of carbonyl (C=O) groups is 2. The number of alkyl halides is 1. The lowest BCUT2D eigenvalue weighted by Crippen LogP contribution is -2.72. The molecule has 12 heteroatoms. The van der Waals surface area contributed by atoms with E-state index in [0.717, 1.165) is 7.11 Å². The first kappa shape index (κ1) is 21.0. The number of aliphatic hydroxyl groups excluding tert-OH is 4. The largest absolute Gasteiger partial charge is 0.465 e. The van der Waals surface area contributed by atoms with Gasteiger partial charge in [-0.05, 0) is 0 Å². The van der Waals surface area contributed by atoms with Crippen molar-refractivity contribution in [2.24, 2.45) is 0 Å². The summed E-state index contributed by atoms with van der Waals surface area (Å²) in [6.07, 6.45) is -10.6. The number of aliphatic hydroxyl groups is 5. The second-order valence-electron chi connectivity index (χ2n) is 5.15. The van der Waals surface area contributed by atoms with Crippen LogP contribution in [-0.2, 0) is 19.1 Å². The number of nitrogens with one attached hydrogen (secondary N) is 1. The fourth-order valence-electron chi connectivity index (χ4n) is 2.27. The van der Waals surface area contributed by atoms with Gasteiger partial charge in [-0.25, -0.2) is 9.18 Å². The number of esters is 1. The summed E-state index contributed by atoms with van der Waals surface area (Å²) in [4.78, 5) is 23.1. The summed E-state index contributed by atoms with van der Waals surface area (Å²) in [6.45, 7) is -0.944. The van der Waals surface area contributed by atoms with Gasteiger partial charge < -0.3 is 40.3 Å². The maximum Gasteiger partial charge on any atom is 0.369 e. The standard InChI is InChI=1S/C12H20FNO9S/c1-22-11(20)12(21)10(13)8(19)6(14-5(17)3-24)9(23-12)7(18)4(16)2-15/h4,6-10,15-16,18-19,21,24H,2-3H2,1H3,(H,14,17)/t4-,6-,7+,8-,9?,10-,12?/m1/s1. The van der Waals surface area contributed by atoms with Crippen LogP contribution in [0.3, 0.4) is 0 Å². The van der Waals surface area contributed by atoms with Gasteiger partial charge in [-0.3, -0.25) is 4.79 Å². The average molecular weight is 373 g/mol. The number of methoxy groups -OCH3 is 1. The van der Waals surface area contributed by atoms with Crippen molar-refractivity contribution in [3.8, 4) is 0 Å². The summed E-state index contributed by atoms with van der Waals surface area (Å²) in [6, 6.07) is -1.65. The van der Waals surface area contributed by atoms with E-state index in [-0.39, 0.29) is 5.75 Å². The molecule has 140 valence electrons. The molecule has 2 unspecified atom stereocenters. The Balaban J connectivity index is 3.22. The van der Waals surface area contributed by atoms with Gasteiger partial charge in [0.2, 0.25) is 5.91 Å². The van der Waals surface area contributed by atoms with Crippen LogP contribution in [-0.4, -0.2) is 99.3 Å². The summed E-state index contributed by atoms with van der Waals surface area (Å²) in [5.41, 5.74) is 0. The molecule has 0 radical (unpaired) electrons. The summed E-state index contributed by atoms with van der Waals surface area (Å²) < 4.78 is 23.3. The smallest absolute Gasteiger partial charge is 0.369 e. The number of hydrogen-bond acceptors (Lipinski definition) is 10. The lowest BCUT2D eigenvalue weighted by molar-refractivity contribution is -0.321. The van der Waals surface area contributed by atoms with Crippen molar-refractivity contribution >= 4 is 24.5 Å². The van der Waals surface area contributed by atoms with E-state index in [1.54, 1.807) is 0 Å². The van der Waals surface area contributed by atoms with Gasteiger partial charge in [-0.2, -0.15) is 12.6 Å². The van der Waals surface area contributed by atoms with Gasteiger partial charge in [0.05, 0.1) is 25.5 Å². The molecular formula is C12H20FNO9S. The molecule has 0 aliphatic carbocycles. The minimum atomic E-state index is -3.28. The minimum absolute atomic E-state index is 0.354. The molecule has 7 atom stereocenters. The first-order valence-corrected chi connectivity index (χ1v) is 7.45. The Kier molecular flexibility index (Phi) is 7.34. The van der Waals surface area contributed by atoms with E-state index in [4.69, 9.17) is 9.84 Å². The number of halogens is 1. The third-order valence-corrected chi connectivity index (χ3v) is 3.87. The second kappa shape index (κ2) is 8.38. The highest BCUT2D eigenvalue weighted by atomic mass is 32.1. The Hall–Kier alpha value is -1.02. The molecule has 1 amide bonds. The topological polar surface area (TPSA) is 166 Å². The van der Waals surface area contributed by atoms with Crippen molar-refractivity contribution < 1.29 is 49.0 Å². The Bertz CT molecular complexity index is 470. The maximum atomic E-state index is 14.3. The fraction of sp³-hybridized carbons (Fsp3) is 0.833. The molecule has 6 N–H and O–H groups in total. The van der Waals surface area contributed by atoms with Gasteiger partial charge >= 0.3 is 11.8 Å². The molecule has 1 aliphatic heterocycles. The van der Waals surface area contributed by atoms with Crippen LogP contribution in [0.5, 0.6) is 0 Å². The quantitative estimate of drug-likeness (QED) is 0.182. The van der Waals surface area contributed by atoms with Crippen LogP contribution in [0.1, 0.15) is 0 Å². The third-order valence-electron chi connectivity index (χ3n) is 3.58. The van der Waals surface area contributed by atoms with Crippen molar-refractivity contribution in [2.75, 3.05) is 19.5 Å². The molecule has 1 fully saturated rings. The maximum absolute atomic E-state index is 14.3. The first-order valence-electron chi connectivity index (χ1n) is 6.82. The fourth-order valence-corrected chi connectivity index (χ4v) is 2.36. The zero-order valence-corrected chi connectivity index (χ0v) is 13.5. The second-order valence-corrected chi connectivity index (χ2v) is 5.47. The van der Waals surface area contributed by atoms with E-state index in [1.807, 2.05) is 0 Å². The summed E-state index contributed by atoms with van der Waals surface area (Å²) >= 11 is 3.69. The molecular weight excluding hydrogens is 353 g/mol. The van der Waals surface area contributed by atoms with Gasteiger partial charge in [-0.15, -0.1) is 0 Å². The van der Waals surface area contributed by atoms with Gasteiger partial charge in [0.15, 0.2) is 6.17 Å². The van der Waals surface area contributed by atoms with Crippen molar-refractivity contribution in [2.45, 2.75) is 42.4 Å². The van der Waals surface area contributed by atoms with Crippen molar-refractivity contribution in [1.82, 2.24) is 5.32 Å². The highest BCUT2D eigenvalue weighted by Crippen LogP contribution is 2.33. The summed E-state index contributed by atoms with van der Waals surface area (Å²) in [5.74, 6) is -6.01. The predicted molar refractivity (Wildman–Crippen MR) is 77.6 cm³/mol. The molecule has 24 heavy (non-hydrogen) atoms. The van der Waals surface area contributed by atoms with Crippen LogP contribution < -0.4 is 5.32 Å². The number of hydrogen-bond donors (Lipinski definition) is 7. The van der Waals surface area contributed by atoms with Crippen LogP contribution in [0, 0.1) is 0 Å². The van der Waals surface area contributed by atoms with E-state index in [1.165, 1.54) is 0 Å². The van der Waals surface area contributed by atoms with Crippen LogP contribution in [0.15, 0.2) is 0 Å². The Labute approximate surface area is 141 Å². The van der Waals surface area contributed by atoms with Gasteiger partial charge in [0.1, 0.15) is 24.4 Å². The van der Waals surface area contributed by atoms with Gasteiger partial charge in [0, 0.05) is 0 Å². The number of rotatable bonds is 6. The highest BCUT2D eigenvalue weighted by Gasteiger charge is 2.61. The van der Waals surface area contributed by atoms with Crippen LogP contribution >= 0.6 is 12.6 Å². The zero-order chi connectivity index (χ0) is 18.7. The SMILES string of the molecule is COC(=O)C1(O)OC([C@@H](O)[C@H](O)CO)[C@H](NC(=O)CS)[C@@H](O)[C@H]1F. The average Bonchev–Trinajstić information content (AvgIpc) is 2.59. The molecule has 0 aromatic heterocycles. The number of carbonyl (C=O) groups excluding carboxylic acids is 2. The summed E-state index contributed by atoms with van der Waals surface area (Å²) in [5, 5.41) is 50.6. The molecule has 0 bridgehead atoms. The van der Waals surface area contributed by atoms with E-state index < -0.39 is 60.9 Å². The molecule has 10 nitrogen and oxygen atoms in total. The van der Waals surface area contributed by atoms with Crippen molar-refractivity contribution in [1.29, 1.82) is 0 Å². The summed E-state index contributed by atoms with van der Waals surface area (Å²) in [7, 11) is 0.825. The van der Waals surface area contributed by atoms with E-state index >= 15 is 0 Å². The molecule has 0 aromatic rings.